The normalized spacial score (nSPS) is 14.7. The van der Waals surface area contributed by atoms with Crippen molar-refractivity contribution in [2.24, 2.45) is 5.92 Å². The van der Waals surface area contributed by atoms with Gasteiger partial charge < -0.3 is 4.90 Å². The molecule has 0 N–H and O–H groups in total. The maximum absolute atomic E-state index is 12.6. The summed E-state index contributed by atoms with van der Waals surface area (Å²) < 4.78 is 0. The summed E-state index contributed by atoms with van der Waals surface area (Å²) in [5.41, 5.74) is 3.18. The minimum atomic E-state index is 0.188. The molecule has 3 heterocycles. The summed E-state index contributed by atoms with van der Waals surface area (Å²) in [5, 5.41) is 9.29. The van der Waals surface area contributed by atoms with Crippen LogP contribution in [0.1, 0.15) is 18.4 Å². The van der Waals surface area contributed by atoms with Crippen molar-refractivity contribution in [1.29, 1.82) is 0 Å². The Hall–Kier alpha value is -2.73. The van der Waals surface area contributed by atoms with Crippen LogP contribution in [-0.2, 0) is 11.2 Å². The molecule has 1 aliphatic rings. The Kier molecular flexibility index (Phi) is 6.52. The standard InChI is InChI=1S/C23H24N4OS/c28-23(27-14-10-19(11-15-27)16-18-4-2-1-3-5-18)17-29-22-7-6-21(25-26-22)20-8-12-24-13-9-20/h1-9,12-13,19H,10-11,14-17H2. The molecule has 2 aromatic heterocycles. The SMILES string of the molecule is O=C(CSc1ccc(-c2ccncc2)nn1)N1CCC(Cc2ccccc2)CC1. The summed E-state index contributed by atoms with van der Waals surface area (Å²) >= 11 is 1.45. The summed E-state index contributed by atoms with van der Waals surface area (Å²) in [6.45, 7) is 1.70. The summed E-state index contributed by atoms with van der Waals surface area (Å²) in [6, 6.07) is 18.3. The van der Waals surface area contributed by atoms with E-state index in [1.54, 1.807) is 12.4 Å². The van der Waals surface area contributed by atoms with Crippen LogP contribution in [-0.4, -0.2) is 44.8 Å². The molecule has 3 aromatic rings. The predicted octanol–water partition coefficient (Wildman–Crippen LogP) is 4.11. The Morgan fingerprint density at radius 1 is 0.966 bits per heavy atom. The first-order valence-corrected chi connectivity index (χ1v) is 10.9. The molecule has 1 aliphatic heterocycles. The second kappa shape index (κ2) is 9.65. The van der Waals surface area contributed by atoms with Gasteiger partial charge in [-0.3, -0.25) is 9.78 Å². The lowest BCUT2D eigenvalue weighted by molar-refractivity contribution is -0.129. The van der Waals surface area contributed by atoms with E-state index in [2.05, 4.69) is 45.5 Å². The van der Waals surface area contributed by atoms with E-state index in [1.807, 2.05) is 29.2 Å². The molecule has 0 bridgehead atoms. The van der Waals surface area contributed by atoms with Crippen molar-refractivity contribution < 1.29 is 4.79 Å². The molecule has 5 nitrogen and oxygen atoms in total. The molecule has 1 fully saturated rings. The van der Waals surface area contributed by atoms with E-state index in [4.69, 9.17) is 0 Å². The fourth-order valence-corrected chi connectivity index (χ4v) is 4.35. The first-order chi connectivity index (χ1) is 14.3. The molecule has 0 atom stereocenters. The van der Waals surface area contributed by atoms with Gasteiger partial charge in [0.2, 0.25) is 5.91 Å². The average molecular weight is 405 g/mol. The number of amides is 1. The minimum absolute atomic E-state index is 0.188. The fraction of sp³-hybridized carbons (Fsp3) is 0.304. The van der Waals surface area contributed by atoms with Crippen molar-refractivity contribution in [2.45, 2.75) is 24.3 Å². The number of hydrogen-bond donors (Lipinski definition) is 0. The number of nitrogens with zero attached hydrogens (tertiary/aromatic N) is 4. The molecule has 29 heavy (non-hydrogen) atoms. The number of pyridine rings is 1. The molecule has 4 rings (SSSR count). The summed E-state index contributed by atoms with van der Waals surface area (Å²) in [4.78, 5) is 18.6. The van der Waals surface area contributed by atoms with Gasteiger partial charge in [-0.1, -0.05) is 42.1 Å². The lowest BCUT2D eigenvalue weighted by Gasteiger charge is -2.32. The van der Waals surface area contributed by atoms with E-state index in [0.29, 0.717) is 11.7 Å². The fourth-order valence-electron chi connectivity index (χ4n) is 3.63. The van der Waals surface area contributed by atoms with Gasteiger partial charge in [-0.05, 0) is 55.0 Å². The Balaban J connectivity index is 1.23. The second-order valence-electron chi connectivity index (χ2n) is 7.30. The van der Waals surface area contributed by atoms with Crippen LogP contribution in [0.25, 0.3) is 11.3 Å². The van der Waals surface area contributed by atoms with Gasteiger partial charge in [0, 0.05) is 31.0 Å². The quantitative estimate of drug-likeness (QED) is 0.579. The van der Waals surface area contributed by atoms with Gasteiger partial charge in [0.25, 0.3) is 0 Å². The molecule has 1 amide bonds. The van der Waals surface area contributed by atoms with Crippen molar-refractivity contribution in [1.82, 2.24) is 20.1 Å². The van der Waals surface area contributed by atoms with Crippen LogP contribution in [0, 0.1) is 5.92 Å². The Morgan fingerprint density at radius 3 is 2.41 bits per heavy atom. The van der Waals surface area contributed by atoms with Crippen LogP contribution in [0.3, 0.4) is 0 Å². The minimum Gasteiger partial charge on any atom is -0.342 e. The van der Waals surface area contributed by atoms with Gasteiger partial charge in [0.15, 0.2) is 0 Å². The van der Waals surface area contributed by atoms with Crippen LogP contribution in [0.4, 0.5) is 0 Å². The van der Waals surface area contributed by atoms with E-state index in [-0.39, 0.29) is 5.91 Å². The lowest BCUT2D eigenvalue weighted by Crippen LogP contribution is -2.39. The highest BCUT2D eigenvalue weighted by atomic mass is 32.2. The highest BCUT2D eigenvalue weighted by Crippen LogP contribution is 2.24. The van der Waals surface area contributed by atoms with E-state index in [9.17, 15) is 4.79 Å². The first kappa shape index (κ1) is 19.6. The number of likely N-dealkylation sites (tertiary alicyclic amines) is 1. The van der Waals surface area contributed by atoms with Crippen molar-refractivity contribution in [3.63, 3.8) is 0 Å². The van der Waals surface area contributed by atoms with Crippen molar-refractivity contribution in [3.05, 3.63) is 72.6 Å². The topological polar surface area (TPSA) is 59.0 Å². The van der Waals surface area contributed by atoms with Gasteiger partial charge >= 0.3 is 0 Å². The number of hydrogen-bond acceptors (Lipinski definition) is 5. The van der Waals surface area contributed by atoms with E-state index in [1.165, 1.54) is 17.3 Å². The molecule has 0 radical (unpaired) electrons. The summed E-state index contributed by atoms with van der Waals surface area (Å²) in [5.74, 6) is 1.26. The molecule has 0 saturated carbocycles. The predicted molar refractivity (Wildman–Crippen MR) is 115 cm³/mol. The largest absolute Gasteiger partial charge is 0.342 e. The van der Waals surface area contributed by atoms with E-state index >= 15 is 0 Å². The third kappa shape index (κ3) is 5.41. The smallest absolute Gasteiger partial charge is 0.232 e. The Bertz CT molecular complexity index is 911. The molecule has 148 valence electrons. The van der Waals surface area contributed by atoms with Crippen LogP contribution >= 0.6 is 11.8 Å². The molecular formula is C23H24N4OS. The number of rotatable bonds is 6. The number of benzene rings is 1. The highest BCUT2D eigenvalue weighted by molar-refractivity contribution is 7.99. The van der Waals surface area contributed by atoms with Gasteiger partial charge in [-0.15, -0.1) is 10.2 Å². The number of piperidine rings is 1. The monoisotopic (exact) mass is 404 g/mol. The van der Waals surface area contributed by atoms with Gasteiger partial charge in [0.05, 0.1) is 11.4 Å². The second-order valence-corrected chi connectivity index (χ2v) is 8.29. The molecule has 6 heteroatoms. The van der Waals surface area contributed by atoms with Crippen LogP contribution in [0.15, 0.2) is 72.0 Å². The lowest BCUT2D eigenvalue weighted by atomic mass is 9.90. The van der Waals surface area contributed by atoms with Gasteiger partial charge in [0.1, 0.15) is 5.03 Å². The average Bonchev–Trinajstić information content (AvgIpc) is 2.80. The zero-order valence-corrected chi connectivity index (χ0v) is 17.1. The van der Waals surface area contributed by atoms with E-state index in [0.717, 1.165) is 48.6 Å². The van der Waals surface area contributed by atoms with Crippen molar-refractivity contribution in [2.75, 3.05) is 18.8 Å². The Morgan fingerprint density at radius 2 is 1.72 bits per heavy atom. The van der Waals surface area contributed by atoms with Crippen LogP contribution < -0.4 is 0 Å². The summed E-state index contributed by atoms with van der Waals surface area (Å²) in [7, 11) is 0. The molecular weight excluding hydrogens is 380 g/mol. The first-order valence-electron chi connectivity index (χ1n) is 9.96. The highest BCUT2D eigenvalue weighted by Gasteiger charge is 2.23. The molecule has 1 saturated heterocycles. The van der Waals surface area contributed by atoms with Gasteiger partial charge in [-0.25, -0.2) is 0 Å². The molecule has 0 aliphatic carbocycles. The third-order valence-corrected chi connectivity index (χ3v) is 6.20. The van der Waals surface area contributed by atoms with Gasteiger partial charge in [-0.2, -0.15) is 0 Å². The number of carbonyl (C=O) groups is 1. The number of aromatic nitrogens is 3. The maximum Gasteiger partial charge on any atom is 0.232 e. The number of thioether (sulfide) groups is 1. The maximum atomic E-state index is 12.6. The van der Waals surface area contributed by atoms with Crippen molar-refractivity contribution in [3.8, 4) is 11.3 Å². The summed E-state index contributed by atoms with van der Waals surface area (Å²) in [6.07, 6.45) is 6.73. The van der Waals surface area contributed by atoms with E-state index < -0.39 is 0 Å². The zero-order valence-electron chi connectivity index (χ0n) is 16.3. The molecule has 1 aromatic carbocycles. The molecule has 0 unspecified atom stereocenters. The zero-order chi connectivity index (χ0) is 19.9. The van der Waals surface area contributed by atoms with Crippen LogP contribution in [0.5, 0.6) is 0 Å². The Labute approximate surface area is 175 Å². The molecule has 0 spiro atoms. The number of carbonyl (C=O) groups excluding carboxylic acids is 1. The van der Waals surface area contributed by atoms with Crippen LogP contribution in [0.2, 0.25) is 0 Å². The third-order valence-electron chi connectivity index (χ3n) is 5.29. The van der Waals surface area contributed by atoms with Crippen molar-refractivity contribution >= 4 is 17.7 Å².